The van der Waals surface area contributed by atoms with E-state index in [1.807, 2.05) is 52.0 Å². The van der Waals surface area contributed by atoms with E-state index in [1.165, 1.54) is 0 Å². The number of nitrogens with zero attached hydrogens (tertiary/aromatic N) is 2. The number of piperazine rings is 1. The molecule has 7 heteroatoms. The van der Waals surface area contributed by atoms with Crippen LogP contribution in [0.1, 0.15) is 47.1 Å². The monoisotopic (exact) mass is 440 g/mol. The molecule has 2 aromatic carbocycles. The van der Waals surface area contributed by atoms with E-state index >= 15 is 0 Å². The van der Waals surface area contributed by atoms with Gasteiger partial charge in [0.05, 0.1) is 19.8 Å². The first-order valence-electron chi connectivity index (χ1n) is 11.2. The molecule has 0 unspecified atom stereocenters. The zero-order valence-electron chi connectivity index (χ0n) is 19.3. The second-order valence-corrected chi connectivity index (χ2v) is 7.55. The van der Waals surface area contributed by atoms with Crippen LogP contribution in [0.3, 0.4) is 0 Å². The van der Waals surface area contributed by atoms with Gasteiger partial charge in [-0.15, -0.1) is 0 Å². The largest absolute Gasteiger partial charge is 0.490 e. The summed E-state index contributed by atoms with van der Waals surface area (Å²) in [4.78, 5) is 29.6. The molecule has 1 saturated heterocycles. The summed E-state index contributed by atoms with van der Waals surface area (Å²) in [6.45, 7) is 10.9. The van der Waals surface area contributed by atoms with Gasteiger partial charge in [-0.1, -0.05) is 17.7 Å². The molecule has 0 saturated carbocycles. The minimum atomic E-state index is -0.113. The summed E-state index contributed by atoms with van der Waals surface area (Å²) in [5, 5.41) is 0. The summed E-state index contributed by atoms with van der Waals surface area (Å²) in [6, 6.07) is 11.0. The standard InChI is InChI=1S/C25H32N2O5/c1-5-30-21-16-20(17-22(31-6-2)23(21)32-7-3)25(29)27-13-11-26(12-14-27)24(28)19-10-8-9-18(4)15-19/h8-10,15-17H,5-7,11-14H2,1-4H3. The average Bonchev–Trinajstić information content (AvgIpc) is 2.80. The predicted molar refractivity (Wildman–Crippen MR) is 123 cm³/mol. The lowest BCUT2D eigenvalue weighted by atomic mass is 10.1. The summed E-state index contributed by atoms with van der Waals surface area (Å²) in [7, 11) is 0. The summed E-state index contributed by atoms with van der Waals surface area (Å²) < 4.78 is 17.2. The van der Waals surface area contributed by atoms with Crippen molar-refractivity contribution in [1.82, 2.24) is 9.80 Å². The Morgan fingerprint density at radius 2 is 1.25 bits per heavy atom. The molecule has 1 aliphatic rings. The molecule has 0 N–H and O–H groups in total. The van der Waals surface area contributed by atoms with Crippen molar-refractivity contribution in [3.05, 3.63) is 53.1 Å². The zero-order chi connectivity index (χ0) is 23.1. The van der Waals surface area contributed by atoms with E-state index in [1.54, 1.807) is 21.9 Å². The summed E-state index contributed by atoms with van der Waals surface area (Å²) in [6.07, 6.45) is 0. The van der Waals surface area contributed by atoms with Gasteiger partial charge >= 0.3 is 0 Å². The molecule has 3 rings (SSSR count). The molecule has 1 aliphatic heterocycles. The van der Waals surface area contributed by atoms with Crippen LogP contribution in [0.15, 0.2) is 36.4 Å². The Hall–Kier alpha value is -3.22. The van der Waals surface area contributed by atoms with Crippen LogP contribution < -0.4 is 14.2 Å². The van der Waals surface area contributed by atoms with E-state index in [-0.39, 0.29) is 11.8 Å². The normalized spacial score (nSPS) is 13.6. The van der Waals surface area contributed by atoms with Gasteiger partial charge in [-0.2, -0.15) is 0 Å². The van der Waals surface area contributed by atoms with Crippen molar-refractivity contribution < 1.29 is 23.8 Å². The van der Waals surface area contributed by atoms with E-state index in [0.29, 0.717) is 74.4 Å². The number of hydrogen-bond donors (Lipinski definition) is 0. The van der Waals surface area contributed by atoms with Crippen LogP contribution in [-0.2, 0) is 0 Å². The predicted octanol–water partition coefficient (Wildman–Crippen LogP) is 3.79. The second-order valence-electron chi connectivity index (χ2n) is 7.55. The van der Waals surface area contributed by atoms with Gasteiger partial charge in [0.15, 0.2) is 11.5 Å². The zero-order valence-corrected chi connectivity index (χ0v) is 19.3. The summed E-state index contributed by atoms with van der Waals surface area (Å²) >= 11 is 0. The second kappa shape index (κ2) is 10.9. The Bertz CT molecular complexity index is 924. The quantitative estimate of drug-likeness (QED) is 0.625. The molecule has 172 valence electrons. The fraction of sp³-hybridized carbons (Fsp3) is 0.440. The van der Waals surface area contributed by atoms with Crippen molar-refractivity contribution in [3.8, 4) is 17.2 Å². The van der Waals surface area contributed by atoms with Crippen LogP contribution in [0, 0.1) is 6.92 Å². The number of rotatable bonds is 8. The lowest BCUT2D eigenvalue weighted by Crippen LogP contribution is -2.50. The van der Waals surface area contributed by atoms with Crippen LogP contribution in [0.5, 0.6) is 17.2 Å². The molecular weight excluding hydrogens is 408 g/mol. The molecular formula is C25H32N2O5. The maximum Gasteiger partial charge on any atom is 0.254 e. The Labute approximate surface area is 189 Å². The third-order valence-corrected chi connectivity index (χ3v) is 5.28. The molecule has 0 atom stereocenters. The number of carbonyl (C=O) groups is 2. The highest BCUT2D eigenvalue weighted by molar-refractivity contribution is 5.97. The van der Waals surface area contributed by atoms with Crippen LogP contribution in [-0.4, -0.2) is 67.6 Å². The lowest BCUT2D eigenvalue weighted by Gasteiger charge is -2.35. The first-order chi connectivity index (χ1) is 15.5. The topological polar surface area (TPSA) is 68.3 Å². The molecule has 2 aromatic rings. The Kier molecular flexibility index (Phi) is 7.98. The van der Waals surface area contributed by atoms with Crippen molar-refractivity contribution in [3.63, 3.8) is 0 Å². The van der Waals surface area contributed by atoms with E-state index in [4.69, 9.17) is 14.2 Å². The highest BCUT2D eigenvalue weighted by Gasteiger charge is 2.27. The minimum Gasteiger partial charge on any atom is -0.490 e. The fourth-order valence-corrected chi connectivity index (χ4v) is 3.77. The average molecular weight is 441 g/mol. The number of amides is 2. The van der Waals surface area contributed by atoms with Crippen molar-refractivity contribution in [1.29, 1.82) is 0 Å². The molecule has 0 spiro atoms. The maximum absolute atomic E-state index is 13.2. The van der Waals surface area contributed by atoms with Gasteiger partial charge in [0.2, 0.25) is 5.75 Å². The van der Waals surface area contributed by atoms with Gasteiger partial charge < -0.3 is 24.0 Å². The maximum atomic E-state index is 13.2. The van der Waals surface area contributed by atoms with Crippen LogP contribution in [0.2, 0.25) is 0 Å². The van der Waals surface area contributed by atoms with Crippen LogP contribution in [0.4, 0.5) is 0 Å². The lowest BCUT2D eigenvalue weighted by molar-refractivity contribution is 0.0535. The molecule has 0 aromatic heterocycles. The van der Waals surface area contributed by atoms with Crippen LogP contribution >= 0.6 is 0 Å². The minimum absolute atomic E-state index is 0.000805. The molecule has 7 nitrogen and oxygen atoms in total. The fourth-order valence-electron chi connectivity index (χ4n) is 3.77. The van der Waals surface area contributed by atoms with E-state index in [2.05, 4.69) is 0 Å². The highest BCUT2D eigenvalue weighted by atomic mass is 16.5. The smallest absolute Gasteiger partial charge is 0.254 e. The number of aryl methyl sites for hydroxylation is 1. The Morgan fingerprint density at radius 3 is 1.72 bits per heavy atom. The van der Waals surface area contributed by atoms with Crippen LogP contribution in [0.25, 0.3) is 0 Å². The SMILES string of the molecule is CCOc1cc(C(=O)N2CCN(C(=O)c3cccc(C)c3)CC2)cc(OCC)c1OCC. The summed E-state index contributed by atoms with van der Waals surface area (Å²) in [5.74, 6) is 1.40. The van der Waals surface area contributed by atoms with Gasteiger partial charge in [-0.25, -0.2) is 0 Å². The molecule has 0 bridgehead atoms. The highest BCUT2D eigenvalue weighted by Crippen LogP contribution is 2.39. The number of benzene rings is 2. The summed E-state index contributed by atoms with van der Waals surface area (Å²) in [5.41, 5.74) is 2.22. The Morgan fingerprint density at radius 1 is 0.750 bits per heavy atom. The molecule has 0 radical (unpaired) electrons. The molecule has 1 heterocycles. The first kappa shape index (κ1) is 23.4. The van der Waals surface area contributed by atoms with Gasteiger partial charge in [0, 0.05) is 37.3 Å². The van der Waals surface area contributed by atoms with Gasteiger partial charge in [-0.05, 0) is 52.0 Å². The van der Waals surface area contributed by atoms with Crippen molar-refractivity contribution >= 4 is 11.8 Å². The third-order valence-electron chi connectivity index (χ3n) is 5.28. The Balaban J connectivity index is 1.74. The van der Waals surface area contributed by atoms with Gasteiger partial charge in [0.1, 0.15) is 0 Å². The molecule has 2 amide bonds. The van der Waals surface area contributed by atoms with Crippen molar-refractivity contribution in [2.45, 2.75) is 27.7 Å². The number of hydrogen-bond acceptors (Lipinski definition) is 5. The van der Waals surface area contributed by atoms with E-state index in [9.17, 15) is 9.59 Å². The van der Waals surface area contributed by atoms with E-state index < -0.39 is 0 Å². The van der Waals surface area contributed by atoms with Crippen molar-refractivity contribution in [2.75, 3.05) is 46.0 Å². The van der Waals surface area contributed by atoms with E-state index in [0.717, 1.165) is 5.56 Å². The molecule has 0 aliphatic carbocycles. The molecule has 1 fully saturated rings. The number of ether oxygens (including phenoxy) is 3. The molecule has 32 heavy (non-hydrogen) atoms. The number of carbonyl (C=O) groups excluding carboxylic acids is 2. The first-order valence-corrected chi connectivity index (χ1v) is 11.2. The van der Waals surface area contributed by atoms with Crippen molar-refractivity contribution in [2.24, 2.45) is 0 Å². The van der Waals surface area contributed by atoms with Gasteiger partial charge in [0.25, 0.3) is 11.8 Å². The van der Waals surface area contributed by atoms with Gasteiger partial charge in [-0.3, -0.25) is 9.59 Å². The third kappa shape index (κ3) is 5.33.